The van der Waals surface area contributed by atoms with Crippen molar-refractivity contribution in [1.82, 2.24) is 14.3 Å². The van der Waals surface area contributed by atoms with Crippen molar-refractivity contribution >= 4 is 11.3 Å². The molecule has 0 aliphatic rings. The van der Waals surface area contributed by atoms with Crippen LogP contribution in [-0.2, 0) is 0 Å². The number of hydrogen-bond donors (Lipinski definition) is 1. The highest BCUT2D eigenvalue weighted by atomic mass is 16.7. The highest BCUT2D eigenvalue weighted by molar-refractivity contribution is 5.65. The first-order valence-corrected chi connectivity index (χ1v) is 4.19. The Morgan fingerprint density at radius 1 is 1.62 bits per heavy atom. The molecule has 0 aliphatic heterocycles. The largest absolute Gasteiger partial charge is 0.411 e. The van der Waals surface area contributed by atoms with Gasteiger partial charge in [0.2, 0.25) is 0 Å². The van der Waals surface area contributed by atoms with E-state index in [0.29, 0.717) is 12.3 Å². The van der Waals surface area contributed by atoms with Crippen molar-refractivity contribution in [3.05, 3.63) is 18.1 Å². The van der Waals surface area contributed by atoms with E-state index >= 15 is 0 Å². The molecule has 2 aromatic rings. The second-order valence-corrected chi connectivity index (χ2v) is 2.80. The van der Waals surface area contributed by atoms with Gasteiger partial charge in [-0.3, -0.25) is 0 Å². The second kappa shape index (κ2) is 2.69. The molecule has 2 N–H and O–H groups in total. The topological polar surface area (TPSA) is 57.5 Å². The zero-order chi connectivity index (χ0) is 9.42. The molecule has 0 spiro atoms. The molecule has 5 nitrogen and oxygen atoms in total. The van der Waals surface area contributed by atoms with Crippen LogP contribution in [0.2, 0.25) is 0 Å². The molecule has 0 atom stereocenters. The summed E-state index contributed by atoms with van der Waals surface area (Å²) in [5, 5.41) is 4.23. The minimum Gasteiger partial charge on any atom is -0.411 e. The summed E-state index contributed by atoms with van der Waals surface area (Å²) in [6, 6.07) is 1.80. The molecule has 70 valence electrons. The highest BCUT2D eigenvalue weighted by Crippen LogP contribution is 2.14. The molecule has 0 aromatic carbocycles. The lowest BCUT2D eigenvalue weighted by atomic mass is 10.5. The Kier molecular flexibility index (Phi) is 1.65. The minimum atomic E-state index is 0.595. The lowest BCUT2D eigenvalue weighted by Gasteiger charge is -2.04. The molecule has 2 aromatic heterocycles. The lowest BCUT2D eigenvalue weighted by Crippen LogP contribution is -2.12. The normalized spacial score (nSPS) is 10.9. The number of hydrogen-bond acceptors (Lipinski definition) is 3. The van der Waals surface area contributed by atoms with Gasteiger partial charge in [0.1, 0.15) is 6.61 Å². The number of nitrogen functional groups attached to an aromatic ring is 1. The number of rotatable bonds is 2. The summed E-state index contributed by atoms with van der Waals surface area (Å²) in [5.41, 5.74) is 7.23. The van der Waals surface area contributed by atoms with Crippen LogP contribution in [0, 0.1) is 6.92 Å². The summed E-state index contributed by atoms with van der Waals surface area (Å²) in [6.07, 6.45) is 1.81. The van der Waals surface area contributed by atoms with Crippen molar-refractivity contribution in [2.45, 2.75) is 13.8 Å². The average Bonchev–Trinajstić information content (AvgIpc) is 2.57. The van der Waals surface area contributed by atoms with E-state index in [1.165, 1.54) is 0 Å². The van der Waals surface area contributed by atoms with Crippen LogP contribution < -0.4 is 10.6 Å². The molecule has 0 unspecified atom stereocenters. The molecule has 0 fully saturated rings. The van der Waals surface area contributed by atoms with Crippen molar-refractivity contribution < 1.29 is 4.84 Å². The first-order chi connectivity index (χ1) is 6.24. The van der Waals surface area contributed by atoms with Crippen LogP contribution >= 0.6 is 0 Å². The van der Waals surface area contributed by atoms with Gasteiger partial charge >= 0.3 is 0 Å². The third-order valence-electron chi connectivity index (χ3n) is 1.87. The van der Waals surface area contributed by atoms with Crippen molar-refractivity contribution in [2.75, 3.05) is 12.3 Å². The molecule has 13 heavy (non-hydrogen) atoms. The zero-order valence-electron chi connectivity index (χ0n) is 7.69. The van der Waals surface area contributed by atoms with Gasteiger partial charge in [0.15, 0.2) is 11.5 Å². The average molecular weight is 180 g/mol. The Morgan fingerprint density at radius 3 is 3.08 bits per heavy atom. The van der Waals surface area contributed by atoms with E-state index in [2.05, 4.69) is 5.10 Å². The summed E-state index contributed by atoms with van der Waals surface area (Å²) in [4.78, 5) is 5.38. The first kappa shape index (κ1) is 7.97. The summed E-state index contributed by atoms with van der Waals surface area (Å²) >= 11 is 0. The molecule has 2 heterocycles. The van der Waals surface area contributed by atoms with Gasteiger partial charge in [-0.2, -0.15) is 0 Å². The number of fused-ring (bicyclic) bond motifs is 1. The van der Waals surface area contributed by atoms with Crippen LogP contribution in [0.5, 0.6) is 0 Å². The quantitative estimate of drug-likeness (QED) is 0.731. The summed E-state index contributed by atoms with van der Waals surface area (Å²) in [6.45, 7) is 4.40. The Morgan fingerprint density at radius 2 is 2.38 bits per heavy atom. The van der Waals surface area contributed by atoms with Crippen molar-refractivity contribution in [3.63, 3.8) is 0 Å². The smallest absolute Gasteiger partial charge is 0.194 e. The van der Waals surface area contributed by atoms with Gasteiger partial charge in [-0.1, -0.05) is 0 Å². The van der Waals surface area contributed by atoms with Crippen molar-refractivity contribution in [3.8, 4) is 0 Å². The summed E-state index contributed by atoms with van der Waals surface area (Å²) in [5.74, 6) is 0.796. The number of nitrogens with zero attached hydrogens (tertiary/aromatic N) is 3. The van der Waals surface area contributed by atoms with Crippen LogP contribution in [0.15, 0.2) is 12.3 Å². The van der Waals surface area contributed by atoms with Gasteiger partial charge < -0.3 is 10.6 Å². The van der Waals surface area contributed by atoms with Gasteiger partial charge in [0, 0.05) is 6.20 Å². The van der Waals surface area contributed by atoms with Gasteiger partial charge in [-0.25, -0.2) is 4.52 Å². The highest BCUT2D eigenvalue weighted by Gasteiger charge is 2.10. The van der Waals surface area contributed by atoms with Crippen LogP contribution in [0.4, 0.5) is 5.69 Å². The molecule has 0 amide bonds. The van der Waals surface area contributed by atoms with Gasteiger partial charge in [-0.05, 0) is 19.9 Å². The van der Waals surface area contributed by atoms with Gasteiger partial charge in [0.25, 0.3) is 0 Å². The number of nitrogens with two attached hydrogens (primary N) is 1. The molecular formula is C8H12N4O. The van der Waals surface area contributed by atoms with Gasteiger partial charge in [-0.15, -0.1) is 9.83 Å². The van der Waals surface area contributed by atoms with Crippen molar-refractivity contribution in [2.24, 2.45) is 0 Å². The maximum absolute atomic E-state index is 5.76. The van der Waals surface area contributed by atoms with E-state index < -0.39 is 0 Å². The molecule has 0 radical (unpaired) electrons. The number of aromatic nitrogens is 3. The second-order valence-electron chi connectivity index (χ2n) is 2.80. The minimum absolute atomic E-state index is 0.595. The fourth-order valence-electron chi connectivity index (χ4n) is 1.35. The molecule has 0 saturated carbocycles. The summed E-state index contributed by atoms with van der Waals surface area (Å²) in [7, 11) is 0. The van der Waals surface area contributed by atoms with E-state index in [0.717, 1.165) is 11.5 Å². The first-order valence-electron chi connectivity index (χ1n) is 4.19. The Balaban J connectivity index is 2.67. The monoisotopic (exact) mass is 180 g/mol. The fourth-order valence-corrected chi connectivity index (χ4v) is 1.35. The van der Waals surface area contributed by atoms with E-state index in [1.54, 1.807) is 15.3 Å². The predicted octanol–water partition coefficient (Wildman–Crippen LogP) is 0.475. The fraction of sp³-hybridized carbons (Fsp3) is 0.375. The Hall–Kier alpha value is -1.65. The van der Waals surface area contributed by atoms with Crippen LogP contribution in [0.1, 0.15) is 12.7 Å². The van der Waals surface area contributed by atoms with E-state index in [1.807, 2.05) is 20.0 Å². The third kappa shape index (κ3) is 1.04. The van der Waals surface area contributed by atoms with Crippen molar-refractivity contribution in [1.29, 1.82) is 0 Å². The molecule has 0 aliphatic carbocycles. The van der Waals surface area contributed by atoms with Gasteiger partial charge in [0.05, 0.1) is 5.69 Å². The zero-order valence-corrected chi connectivity index (χ0v) is 7.69. The molecular weight excluding hydrogens is 168 g/mol. The predicted molar refractivity (Wildman–Crippen MR) is 49.5 cm³/mol. The van der Waals surface area contributed by atoms with Crippen LogP contribution in [0.25, 0.3) is 5.65 Å². The maximum atomic E-state index is 5.76. The molecule has 0 bridgehead atoms. The molecule has 0 saturated heterocycles. The third-order valence-corrected chi connectivity index (χ3v) is 1.87. The maximum Gasteiger partial charge on any atom is 0.194 e. The molecule has 2 rings (SSSR count). The Bertz CT molecular complexity index is 428. The van der Waals surface area contributed by atoms with E-state index in [4.69, 9.17) is 10.6 Å². The van der Waals surface area contributed by atoms with Crippen LogP contribution in [-0.4, -0.2) is 21.0 Å². The Labute approximate surface area is 75.7 Å². The summed E-state index contributed by atoms with van der Waals surface area (Å²) < 4.78 is 3.36. The SMILES string of the molecule is CCOn1c(C)nn2ccc(N)c12. The van der Waals surface area contributed by atoms with E-state index in [9.17, 15) is 0 Å². The number of aryl methyl sites for hydroxylation is 1. The molecule has 5 heteroatoms. The van der Waals surface area contributed by atoms with Crippen LogP contribution in [0.3, 0.4) is 0 Å². The lowest BCUT2D eigenvalue weighted by molar-refractivity contribution is 0.126. The van der Waals surface area contributed by atoms with E-state index in [-0.39, 0.29) is 0 Å². The number of anilines is 1. The standard InChI is InChI=1S/C8H12N4O/c1-3-13-12-6(2)10-11-5-4-7(9)8(11)12/h4-5H,3,9H2,1-2H3.